The predicted octanol–water partition coefficient (Wildman–Crippen LogP) is 3.54. The molecule has 30 heavy (non-hydrogen) atoms. The Kier molecular flexibility index (Phi) is 3.64. The van der Waals surface area contributed by atoms with Crippen LogP contribution in [0.25, 0.3) is 0 Å². The van der Waals surface area contributed by atoms with Crippen LogP contribution >= 0.6 is 0 Å². The van der Waals surface area contributed by atoms with Gasteiger partial charge in [0.05, 0.1) is 5.57 Å². The molecule has 2 aromatic rings. The van der Waals surface area contributed by atoms with Crippen LogP contribution in [-0.4, -0.2) is 27.4 Å². The second-order valence-corrected chi connectivity index (χ2v) is 9.65. The summed E-state index contributed by atoms with van der Waals surface area (Å²) < 4.78 is 0. The second-order valence-electron chi connectivity index (χ2n) is 9.65. The number of allylic oxidation sites excluding steroid dienone is 1. The molecule has 0 saturated heterocycles. The largest absolute Gasteiger partial charge is 0.372 e. The topological polar surface area (TPSA) is 77.8 Å². The van der Waals surface area contributed by atoms with Crippen LogP contribution in [0, 0.1) is 19.3 Å². The normalized spacial score (nSPS) is 29.2. The number of aliphatic hydroxyl groups is 2. The summed E-state index contributed by atoms with van der Waals surface area (Å²) in [6.45, 7) is 7.87. The van der Waals surface area contributed by atoms with Gasteiger partial charge in [-0.1, -0.05) is 50.2 Å². The third kappa shape index (κ3) is 2.09. The number of ketones is 2. The third-order valence-electron chi connectivity index (χ3n) is 6.79. The summed E-state index contributed by atoms with van der Waals surface area (Å²) in [6, 6.07) is 12.6. The Labute approximate surface area is 175 Å². The highest BCUT2D eigenvalue weighted by Gasteiger charge is 2.74. The number of Topliss-reactive ketones (excluding diaryl/α,β-unsaturated/α-hetero) is 2. The molecule has 2 N–H and O–H groups in total. The molecule has 0 spiro atoms. The maximum atomic E-state index is 13.5. The number of rotatable bonds is 1. The number of carbonyl (C=O) groups is 2. The molecule has 5 rings (SSSR count). The van der Waals surface area contributed by atoms with Crippen LogP contribution in [-0.2, 0) is 10.5 Å². The lowest BCUT2D eigenvalue weighted by molar-refractivity contribution is -0.124. The fraction of sp³-hybridized carbons (Fsp3) is 0.360. The summed E-state index contributed by atoms with van der Waals surface area (Å²) in [5, 5.41) is 24.1. The van der Waals surface area contributed by atoms with Crippen LogP contribution in [0.4, 0.5) is 5.69 Å². The minimum atomic E-state index is -2.32. The van der Waals surface area contributed by atoms with Crippen molar-refractivity contribution in [2.75, 3.05) is 4.90 Å². The van der Waals surface area contributed by atoms with E-state index in [9.17, 15) is 19.8 Å². The monoisotopic (exact) mass is 403 g/mol. The highest BCUT2D eigenvalue weighted by molar-refractivity contribution is 6.19. The number of nitrogens with zero attached hydrogens (tertiary/aromatic N) is 1. The molecule has 154 valence electrons. The Morgan fingerprint density at radius 3 is 2.40 bits per heavy atom. The Morgan fingerprint density at radius 1 is 0.967 bits per heavy atom. The first kappa shape index (κ1) is 19.2. The lowest BCUT2D eigenvalue weighted by Crippen LogP contribution is -2.58. The van der Waals surface area contributed by atoms with E-state index in [0.717, 1.165) is 11.1 Å². The average molecular weight is 403 g/mol. The number of anilines is 1. The molecule has 0 unspecified atom stereocenters. The van der Waals surface area contributed by atoms with Gasteiger partial charge in [-0.25, -0.2) is 0 Å². The molecule has 0 bridgehead atoms. The van der Waals surface area contributed by atoms with E-state index in [1.54, 1.807) is 29.2 Å². The first-order valence-corrected chi connectivity index (χ1v) is 10.3. The van der Waals surface area contributed by atoms with Crippen molar-refractivity contribution >= 4 is 17.3 Å². The maximum Gasteiger partial charge on any atom is 0.211 e. The fourth-order valence-electron chi connectivity index (χ4n) is 5.47. The zero-order chi connectivity index (χ0) is 21.6. The number of hydrogen-bond donors (Lipinski definition) is 2. The van der Waals surface area contributed by atoms with Gasteiger partial charge in [0.2, 0.25) is 17.1 Å². The predicted molar refractivity (Wildman–Crippen MR) is 113 cm³/mol. The van der Waals surface area contributed by atoms with Crippen molar-refractivity contribution in [2.24, 2.45) is 5.41 Å². The van der Waals surface area contributed by atoms with E-state index < -0.39 is 17.1 Å². The van der Waals surface area contributed by atoms with Gasteiger partial charge < -0.3 is 15.1 Å². The number of fused-ring (bicyclic) bond motifs is 4. The Bertz CT molecular complexity index is 1180. The van der Waals surface area contributed by atoms with Crippen LogP contribution in [0.1, 0.15) is 53.7 Å². The number of aryl methyl sites for hydroxylation is 2. The highest BCUT2D eigenvalue weighted by atomic mass is 16.4. The van der Waals surface area contributed by atoms with Gasteiger partial charge in [-0.2, -0.15) is 0 Å². The molecule has 0 fully saturated rings. The van der Waals surface area contributed by atoms with Gasteiger partial charge in [0, 0.05) is 28.9 Å². The SMILES string of the molecule is Cc1ccc(C)c(N2C3=C(C(=O)CC(C)(C)C3)[C@]3(O)C(=O)c4ccccc4[C@]23O)c1. The lowest BCUT2D eigenvalue weighted by Gasteiger charge is -2.41. The first-order valence-electron chi connectivity index (χ1n) is 10.3. The molecular formula is C25H25NO4. The third-order valence-corrected chi connectivity index (χ3v) is 6.79. The molecule has 3 aliphatic rings. The lowest BCUT2D eigenvalue weighted by atomic mass is 9.72. The molecule has 0 aromatic heterocycles. The smallest absolute Gasteiger partial charge is 0.211 e. The van der Waals surface area contributed by atoms with Gasteiger partial charge in [-0.3, -0.25) is 9.59 Å². The number of benzene rings is 2. The van der Waals surface area contributed by atoms with Crippen molar-refractivity contribution in [3.63, 3.8) is 0 Å². The van der Waals surface area contributed by atoms with E-state index in [0.29, 0.717) is 23.4 Å². The fourth-order valence-corrected chi connectivity index (χ4v) is 5.47. The summed E-state index contributed by atoms with van der Waals surface area (Å²) in [5.74, 6) is -0.898. The summed E-state index contributed by atoms with van der Waals surface area (Å²) in [7, 11) is 0. The van der Waals surface area contributed by atoms with Crippen molar-refractivity contribution in [2.45, 2.75) is 51.9 Å². The van der Waals surface area contributed by atoms with Crippen LogP contribution in [0.5, 0.6) is 0 Å². The van der Waals surface area contributed by atoms with E-state index in [1.807, 2.05) is 45.9 Å². The van der Waals surface area contributed by atoms with Gasteiger partial charge in [0.1, 0.15) is 0 Å². The summed E-state index contributed by atoms with van der Waals surface area (Å²) in [5.41, 5.74) is -1.01. The maximum absolute atomic E-state index is 13.5. The van der Waals surface area contributed by atoms with Gasteiger partial charge >= 0.3 is 0 Å². The summed E-state index contributed by atoms with van der Waals surface area (Å²) in [4.78, 5) is 28.4. The molecule has 5 nitrogen and oxygen atoms in total. The van der Waals surface area contributed by atoms with Crippen LogP contribution in [0.2, 0.25) is 0 Å². The molecule has 5 heteroatoms. The molecule has 1 aliphatic heterocycles. The van der Waals surface area contributed by atoms with Crippen molar-refractivity contribution in [3.05, 3.63) is 76.0 Å². The van der Waals surface area contributed by atoms with E-state index in [-0.39, 0.29) is 28.8 Å². The second kappa shape index (κ2) is 5.68. The molecule has 1 heterocycles. The Morgan fingerprint density at radius 2 is 1.67 bits per heavy atom. The van der Waals surface area contributed by atoms with E-state index in [4.69, 9.17) is 0 Å². The number of carbonyl (C=O) groups excluding carboxylic acids is 2. The standard InChI is InChI=1S/C25H25NO4/c1-14-9-10-15(2)18(11-14)26-19-12-23(3,4)13-20(27)21(19)24(29)22(28)16-7-5-6-8-17(16)25(24,26)30/h5-11,29-30H,12-13H2,1-4H3/t24-,25+/m0/s1. The minimum Gasteiger partial charge on any atom is -0.372 e. The quantitative estimate of drug-likeness (QED) is 0.762. The van der Waals surface area contributed by atoms with Crippen molar-refractivity contribution < 1.29 is 19.8 Å². The Hall–Kier alpha value is -2.76. The molecule has 0 amide bonds. The van der Waals surface area contributed by atoms with Crippen molar-refractivity contribution in [1.29, 1.82) is 0 Å². The summed E-state index contributed by atoms with van der Waals surface area (Å²) in [6.07, 6.45) is 0.690. The molecule has 0 radical (unpaired) electrons. The van der Waals surface area contributed by atoms with E-state index >= 15 is 0 Å². The van der Waals surface area contributed by atoms with Gasteiger partial charge in [0.15, 0.2) is 5.78 Å². The van der Waals surface area contributed by atoms with E-state index in [2.05, 4.69) is 0 Å². The molecule has 0 saturated carbocycles. The number of hydrogen-bond acceptors (Lipinski definition) is 5. The molecule has 2 aromatic carbocycles. The van der Waals surface area contributed by atoms with Crippen LogP contribution in [0.15, 0.2) is 53.7 Å². The van der Waals surface area contributed by atoms with Gasteiger partial charge in [0.25, 0.3) is 0 Å². The average Bonchev–Trinajstić information content (AvgIpc) is 2.97. The zero-order valence-corrected chi connectivity index (χ0v) is 17.6. The van der Waals surface area contributed by atoms with Crippen LogP contribution in [0.3, 0.4) is 0 Å². The van der Waals surface area contributed by atoms with Crippen molar-refractivity contribution in [3.8, 4) is 0 Å². The highest BCUT2D eigenvalue weighted by Crippen LogP contribution is 2.61. The molecule has 2 aliphatic carbocycles. The molecular weight excluding hydrogens is 378 g/mol. The van der Waals surface area contributed by atoms with Crippen LogP contribution < -0.4 is 4.90 Å². The Balaban J connectivity index is 1.90. The first-order chi connectivity index (χ1) is 14.0. The zero-order valence-electron chi connectivity index (χ0n) is 17.6. The molecule has 2 atom stereocenters. The minimum absolute atomic E-state index is 0.0476. The van der Waals surface area contributed by atoms with Gasteiger partial charge in [-0.05, 0) is 42.9 Å². The van der Waals surface area contributed by atoms with Gasteiger partial charge in [-0.15, -0.1) is 0 Å². The summed E-state index contributed by atoms with van der Waals surface area (Å²) >= 11 is 0. The van der Waals surface area contributed by atoms with E-state index in [1.165, 1.54) is 0 Å². The van der Waals surface area contributed by atoms with Crippen molar-refractivity contribution in [1.82, 2.24) is 0 Å².